The standard InChI is InChI=1S/C15H24N2S/c1-2-16-12-6-9-17(10-7-12)14-4-3-5-15-13(14)8-11-18-15/h8,11-12,14,16H,2-7,9-10H2,1H3. The predicted molar refractivity (Wildman–Crippen MR) is 78.3 cm³/mol. The Labute approximate surface area is 114 Å². The van der Waals surface area contributed by atoms with Gasteiger partial charge in [0.25, 0.3) is 0 Å². The Morgan fingerprint density at radius 3 is 2.94 bits per heavy atom. The number of thiophene rings is 1. The van der Waals surface area contributed by atoms with Gasteiger partial charge < -0.3 is 5.32 Å². The van der Waals surface area contributed by atoms with E-state index in [1.165, 1.54) is 45.2 Å². The van der Waals surface area contributed by atoms with Crippen molar-refractivity contribution >= 4 is 11.3 Å². The van der Waals surface area contributed by atoms with Gasteiger partial charge in [0, 0.05) is 30.1 Å². The van der Waals surface area contributed by atoms with E-state index in [9.17, 15) is 0 Å². The Morgan fingerprint density at radius 2 is 2.17 bits per heavy atom. The van der Waals surface area contributed by atoms with Crippen LogP contribution in [0.25, 0.3) is 0 Å². The van der Waals surface area contributed by atoms with Gasteiger partial charge in [-0.2, -0.15) is 0 Å². The zero-order valence-electron chi connectivity index (χ0n) is 11.3. The molecule has 1 aromatic rings. The van der Waals surface area contributed by atoms with E-state index in [0.717, 1.165) is 18.6 Å². The third-order valence-corrected chi connectivity index (χ3v) is 5.48. The van der Waals surface area contributed by atoms with Crippen molar-refractivity contribution in [3.05, 3.63) is 21.9 Å². The van der Waals surface area contributed by atoms with Gasteiger partial charge in [-0.1, -0.05) is 6.92 Å². The van der Waals surface area contributed by atoms with Gasteiger partial charge in [-0.05, 0) is 55.7 Å². The maximum Gasteiger partial charge on any atom is 0.0359 e. The van der Waals surface area contributed by atoms with Crippen LogP contribution >= 0.6 is 11.3 Å². The minimum Gasteiger partial charge on any atom is -0.314 e. The highest BCUT2D eigenvalue weighted by atomic mass is 32.1. The minimum atomic E-state index is 0.725. The van der Waals surface area contributed by atoms with Crippen LogP contribution in [-0.4, -0.2) is 30.6 Å². The maximum absolute atomic E-state index is 3.60. The molecule has 1 fully saturated rings. The Bertz CT molecular complexity index is 380. The van der Waals surface area contributed by atoms with Gasteiger partial charge >= 0.3 is 0 Å². The van der Waals surface area contributed by atoms with Gasteiger partial charge in [0.2, 0.25) is 0 Å². The summed E-state index contributed by atoms with van der Waals surface area (Å²) in [6.45, 7) is 5.88. The van der Waals surface area contributed by atoms with Crippen LogP contribution < -0.4 is 5.32 Å². The summed E-state index contributed by atoms with van der Waals surface area (Å²) in [5.41, 5.74) is 1.65. The van der Waals surface area contributed by atoms with Crippen molar-refractivity contribution in [2.45, 2.75) is 51.1 Å². The van der Waals surface area contributed by atoms with Crippen LogP contribution in [0.15, 0.2) is 11.4 Å². The lowest BCUT2D eigenvalue weighted by Gasteiger charge is -2.39. The van der Waals surface area contributed by atoms with Crippen LogP contribution in [-0.2, 0) is 6.42 Å². The van der Waals surface area contributed by atoms with Crippen molar-refractivity contribution in [1.82, 2.24) is 10.2 Å². The van der Waals surface area contributed by atoms with Crippen LogP contribution in [0.2, 0.25) is 0 Å². The molecule has 1 atom stereocenters. The first-order valence-electron chi connectivity index (χ1n) is 7.42. The number of likely N-dealkylation sites (tertiary alicyclic amines) is 1. The zero-order valence-corrected chi connectivity index (χ0v) is 12.1. The molecule has 18 heavy (non-hydrogen) atoms. The van der Waals surface area contributed by atoms with E-state index in [4.69, 9.17) is 0 Å². The molecule has 1 aliphatic carbocycles. The van der Waals surface area contributed by atoms with Gasteiger partial charge in [-0.15, -0.1) is 11.3 Å². The van der Waals surface area contributed by atoms with Crippen LogP contribution in [0.5, 0.6) is 0 Å². The number of piperidine rings is 1. The molecule has 0 saturated carbocycles. The summed E-state index contributed by atoms with van der Waals surface area (Å²) in [5, 5.41) is 5.88. The van der Waals surface area contributed by atoms with Crippen LogP contribution in [0.1, 0.15) is 49.1 Å². The lowest BCUT2D eigenvalue weighted by atomic mass is 9.91. The number of rotatable bonds is 3. The summed E-state index contributed by atoms with van der Waals surface area (Å²) in [5.74, 6) is 0. The van der Waals surface area contributed by atoms with Crippen LogP contribution in [0.4, 0.5) is 0 Å². The molecule has 1 aliphatic heterocycles. The van der Waals surface area contributed by atoms with Crippen LogP contribution in [0, 0.1) is 0 Å². The van der Waals surface area contributed by atoms with Crippen molar-refractivity contribution < 1.29 is 0 Å². The SMILES string of the molecule is CCNC1CCN(C2CCCc3sccc32)CC1. The lowest BCUT2D eigenvalue weighted by molar-refractivity contribution is 0.132. The molecule has 0 amide bonds. The number of hydrogen-bond donors (Lipinski definition) is 1. The topological polar surface area (TPSA) is 15.3 Å². The monoisotopic (exact) mass is 264 g/mol. The first kappa shape index (κ1) is 12.6. The molecule has 1 aromatic heterocycles. The molecule has 2 nitrogen and oxygen atoms in total. The third-order valence-electron chi connectivity index (χ3n) is 4.48. The fraction of sp³-hybridized carbons (Fsp3) is 0.733. The molecule has 0 aromatic carbocycles. The smallest absolute Gasteiger partial charge is 0.0359 e. The Hall–Kier alpha value is -0.380. The second kappa shape index (κ2) is 5.72. The van der Waals surface area contributed by atoms with E-state index in [2.05, 4.69) is 28.6 Å². The largest absolute Gasteiger partial charge is 0.314 e. The number of nitrogens with one attached hydrogen (secondary N) is 1. The van der Waals surface area contributed by atoms with E-state index in [-0.39, 0.29) is 0 Å². The van der Waals surface area contributed by atoms with Gasteiger partial charge in [-0.25, -0.2) is 0 Å². The molecule has 0 radical (unpaired) electrons. The molecule has 1 unspecified atom stereocenters. The highest BCUT2D eigenvalue weighted by molar-refractivity contribution is 7.10. The van der Waals surface area contributed by atoms with Crippen molar-refractivity contribution in [1.29, 1.82) is 0 Å². The van der Waals surface area contributed by atoms with Gasteiger partial charge in [0.1, 0.15) is 0 Å². The number of nitrogens with zero attached hydrogens (tertiary/aromatic N) is 1. The first-order valence-corrected chi connectivity index (χ1v) is 8.30. The molecule has 2 heterocycles. The molecular formula is C15H24N2S. The Morgan fingerprint density at radius 1 is 1.33 bits per heavy atom. The number of aryl methyl sites for hydroxylation is 1. The predicted octanol–water partition coefficient (Wildman–Crippen LogP) is 3.20. The van der Waals surface area contributed by atoms with Crippen molar-refractivity contribution in [3.63, 3.8) is 0 Å². The quantitative estimate of drug-likeness (QED) is 0.902. The molecule has 0 bridgehead atoms. The average molecular weight is 264 g/mol. The second-order valence-electron chi connectivity index (χ2n) is 5.58. The highest BCUT2D eigenvalue weighted by Gasteiger charge is 2.29. The van der Waals surface area contributed by atoms with Crippen molar-refractivity contribution in [2.75, 3.05) is 19.6 Å². The van der Waals surface area contributed by atoms with E-state index in [0.29, 0.717) is 0 Å². The van der Waals surface area contributed by atoms with Crippen molar-refractivity contribution in [3.8, 4) is 0 Å². The normalized spacial score (nSPS) is 26.2. The summed E-state index contributed by atoms with van der Waals surface area (Å²) < 4.78 is 0. The molecule has 100 valence electrons. The molecule has 2 aliphatic rings. The van der Waals surface area contributed by atoms with Gasteiger partial charge in [0.05, 0.1) is 0 Å². The summed E-state index contributed by atoms with van der Waals surface area (Å²) in [6.07, 6.45) is 6.71. The third kappa shape index (κ3) is 2.49. The summed E-state index contributed by atoms with van der Waals surface area (Å²) in [6, 6.07) is 3.86. The maximum atomic E-state index is 3.60. The molecule has 0 spiro atoms. The first-order chi connectivity index (χ1) is 8.88. The van der Waals surface area contributed by atoms with Gasteiger partial charge in [-0.3, -0.25) is 4.90 Å². The molecular weight excluding hydrogens is 240 g/mol. The second-order valence-corrected chi connectivity index (χ2v) is 6.58. The fourth-order valence-electron chi connectivity index (χ4n) is 3.55. The zero-order chi connectivity index (χ0) is 12.4. The highest BCUT2D eigenvalue weighted by Crippen LogP contribution is 2.38. The van der Waals surface area contributed by atoms with E-state index in [1.807, 2.05) is 11.3 Å². The molecule has 1 saturated heterocycles. The molecule has 3 heteroatoms. The lowest BCUT2D eigenvalue weighted by Crippen LogP contribution is -2.44. The van der Waals surface area contributed by atoms with Crippen LogP contribution in [0.3, 0.4) is 0 Å². The number of fused-ring (bicyclic) bond motifs is 1. The Kier molecular flexibility index (Phi) is 4.02. The van der Waals surface area contributed by atoms with E-state index < -0.39 is 0 Å². The fourth-order valence-corrected chi connectivity index (χ4v) is 4.53. The van der Waals surface area contributed by atoms with Crippen molar-refractivity contribution in [2.24, 2.45) is 0 Å². The summed E-state index contributed by atoms with van der Waals surface area (Å²) >= 11 is 1.96. The van der Waals surface area contributed by atoms with E-state index in [1.54, 1.807) is 10.4 Å². The summed E-state index contributed by atoms with van der Waals surface area (Å²) in [4.78, 5) is 4.39. The van der Waals surface area contributed by atoms with Gasteiger partial charge in [0.15, 0.2) is 0 Å². The minimum absolute atomic E-state index is 0.725. The average Bonchev–Trinajstić information content (AvgIpc) is 2.88. The van der Waals surface area contributed by atoms with E-state index >= 15 is 0 Å². The summed E-state index contributed by atoms with van der Waals surface area (Å²) in [7, 11) is 0. The molecule has 3 rings (SSSR count). The molecule has 1 N–H and O–H groups in total. The number of hydrogen-bond acceptors (Lipinski definition) is 3. The Balaban J connectivity index is 1.64.